The molecule has 4 aromatic rings. The average molecular weight is 565 g/mol. The second-order valence-corrected chi connectivity index (χ2v) is 11.8. The Kier molecular flexibility index (Phi) is 8.04. The second-order valence-electron chi connectivity index (χ2n) is 11.8. The van der Waals surface area contributed by atoms with Gasteiger partial charge in [-0.15, -0.1) is 0 Å². The van der Waals surface area contributed by atoms with E-state index in [1.165, 1.54) is 0 Å². The Morgan fingerprint density at radius 2 is 1.69 bits per heavy atom. The van der Waals surface area contributed by atoms with Gasteiger partial charge in [0.15, 0.2) is 0 Å². The monoisotopic (exact) mass is 564 g/mol. The third-order valence-electron chi connectivity index (χ3n) is 8.63. The van der Waals surface area contributed by atoms with E-state index in [1.54, 1.807) is 0 Å². The molecule has 6 rings (SSSR count). The molecule has 2 saturated heterocycles. The number of nitrogens with zero attached hydrogens (tertiary/aromatic N) is 7. The van der Waals surface area contributed by atoms with E-state index in [2.05, 4.69) is 77.3 Å². The SMILES string of the molecule is Cc1cc(-c2cccc(C(=O)N3CCN(C)CC3)c2)cc2cnc(Nc3ccc(N4CCC(N(C)C)CC4)nc3)nc12. The molecule has 42 heavy (non-hydrogen) atoms. The Balaban J connectivity index is 1.15. The van der Waals surface area contributed by atoms with Crippen LogP contribution in [0.15, 0.2) is 60.9 Å². The van der Waals surface area contributed by atoms with E-state index in [0.29, 0.717) is 12.0 Å². The number of likely N-dealkylation sites (N-methyl/N-ethyl adjacent to an activating group) is 1. The highest BCUT2D eigenvalue weighted by molar-refractivity contribution is 5.96. The van der Waals surface area contributed by atoms with Crippen LogP contribution in [-0.4, -0.2) is 102 Å². The Bertz CT molecular complexity index is 1550. The number of amides is 1. The lowest BCUT2D eigenvalue weighted by Gasteiger charge is -2.35. The highest BCUT2D eigenvalue weighted by Gasteiger charge is 2.22. The van der Waals surface area contributed by atoms with Crippen molar-refractivity contribution in [2.45, 2.75) is 25.8 Å². The average Bonchev–Trinajstić information content (AvgIpc) is 3.02. The quantitative estimate of drug-likeness (QED) is 0.362. The van der Waals surface area contributed by atoms with Gasteiger partial charge in [0, 0.05) is 62.5 Å². The summed E-state index contributed by atoms with van der Waals surface area (Å²) in [6.45, 7) is 7.45. The smallest absolute Gasteiger partial charge is 0.253 e. The number of rotatable bonds is 6. The van der Waals surface area contributed by atoms with Gasteiger partial charge in [-0.05, 0) is 94.0 Å². The molecular weight excluding hydrogens is 524 g/mol. The number of nitrogens with one attached hydrogen (secondary N) is 1. The Hall–Kier alpha value is -4.08. The molecule has 9 nitrogen and oxygen atoms in total. The standard InChI is InChI=1S/C33H40N8O/c1-23-18-26(24-6-5-7-25(19-24)32(42)41-16-14-39(4)15-17-41)20-27-21-35-33(37-31(23)27)36-28-8-9-30(34-22-28)40-12-10-29(11-13-40)38(2)3/h5-9,18-22,29H,10-17H2,1-4H3,(H,35,36,37). The van der Waals surface area contributed by atoms with Crippen molar-refractivity contribution in [2.24, 2.45) is 0 Å². The molecular formula is C33H40N8O. The van der Waals surface area contributed by atoms with Crippen molar-refractivity contribution in [1.82, 2.24) is 29.7 Å². The highest BCUT2D eigenvalue weighted by Crippen LogP contribution is 2.29. The minimum atomic E-state index is 0.0953. The van der Waals surface area contributed by atoms with E-state index in [4.69, 9.17) is 9.97 Å². The summed E-state index contributed by atoms with van der Waals surface area (Å²) in [5.41, 5.74) is 5.60. The number of anilines is 3. The number of hydrogen-bond donors (Lipinski definition) is 1. The number of piperidine rings is 1. The molecule has 0 bridgehead atoms. The molecule has 2 aliphatic rings. The number of piperazine rings is 1. The van der Waals surface area contributed by atoms with Gasteiger partial charge in [-0.25, -0.2) is 15.0 Å². The molecule has 1 N–H and O–H groups in total. The summed E-state index contributed by atoms with van der Waals surface area (Å²) >= 11 is 0. The number of benzene rings is 2. The maximum absolute atomic E-state index is 13.2. The van der Waals surface area contributed by atoms with Gasteiger partial charge in [0.25, 0.3) is 5.91 Å². The lowest BCUT2D eigenvalue weighted by Crippen LogP contribution is -2.47. The van der Waals surface area contributed by atoms with Crippen molar-refractivity contribution >= 4 is 34.3 Å². The van der Waals surface area contributed by atoms with Crippen LogP contribution in [0.5, 0.6) is 0 Å². The summed E-state index contributed by atoms with van der Waals surface area (Å²) < 4.78 is 0. The van der Waals surface area contributed by atoms with Crippen LogP contribution in [-0.2, 0) is 0 Å². The zero-order valence-corrected chi connectivity index (χ0v) is 25.0. The van der Waals surface area contributed by atoms with Crippen LogP contribution >= 0.6 is 0 Å². The maximum Gasteiger partial charge on any atom is 0.253 e. The zero-order chi connectivity index (χ0) is 29.2. The zero-order valence-electron chi connectivity index (χ0n) is 25.0. The third-order valence-corrected chi connectivity index (χ3v) is 8.63. The second kappa shape index (κ2) is 12.0. The molecule has 2 aliphatic heterocycles. The molecule has 0 saturated carbocycles. The minimum Gasteiger partial charge on any atom is -0.357 e. The summed E-state index contributed by atoms with van der Waals surface area (Å²) in [5.74, 6) is 1.65. The van der Waals surface area contributed by atoms with E-state index in [-0.39, 0.29) is 5.91 Å². The van der Waals surface area contributed by atoms with Gasteiger partial charge >= 0.3 is 0 Å². The summed E-state index contributed by atoms with van der Waals surface area (Å²) in [4.78, 5) is 36.2. The van der Waals surface area contributed by atoms with E-state index < -0.39 is 0 Å². The van der Waals surface area contributed by atoms with Crippen LogP contribution in [0.3, 0.4) is 0 Å². The van der Waals surface area contributed by atoms with E-state index in [0.717, 1.165) is 96.8 Å². The van der Waals surface area contributed by atoms with Gasteiger partial charge < -0.3 is 24.9 Å². The number of pyridine rings is 1. The fourth-order valence-electron chi connectivity index (χ4n) is 5.96. The molecule has 1 amide bonds. The van der Waals surface area contributed by atoms with Gasteiger partial charge in [-0.1, -0.05) is 12.1 Å². The van der Waals surface area contributed by atoms with Gasteiger partial charge in [0.2, 0.25) is 5.95 Å². The maximum atomic E-state index is 13.2. The first-order chi connectivity index (χ1) is 20.3. The largest absolute Gasteiger partial charge is 0.357 e. The molecule has 4 heterocycles. The molecule has 218 valence electrons. The summed E-state index contributed by atoms with van der Waals surface area (Å²) in [6, 6.07) is 16.9. The van der Waals surface area contributed by atoms with Crippen molar-refractivity contribution in [3.63, 3.8) is 0 Å². The third kappa shape index (κ3) is 6.07. The van der Waals surface area contributed by atoms with Crippen molar-refractivity contribution in [3.05, 3.63) is 72.1 Å². The molecule has 0 atom stereocenters. The fraction of sp³-hybridized carbons (Fsp3) is 0.394. The lowest BCUT2D eigenvalue weighted by molar-refractivity contribution is 0.0664. The number of aryl methyl sites for hydroxylation is 1. The molecule has 0 radical (unpaired) electrons. The molecule has 9 heteroatoms. The van der Waals surface area contributed by atoms with Crippen molar-refractivity contribution < 1.29 is 4.79 Å². The first-order valence-corrected chi connectivity index (χ1v) is 14.8. The summed E-state index contributed by atoms with van der Waals surface area (Å²) in [7, 11) is 6.41. The Labute approximate surface area is 248 Å². The number of fused-ring (bicyclic) bond motifs is 1. The highest BCUT2D eigenvalue weighted by atomic mass is 16.2. The van der Waals surface area contributed by atoms with Crippen LogP contribution in [0, 0.1) is 6.92 Å². The lowest BCUT2D eigenvalue weighted by atomic mass is 9.98. The van der Waals surface area contributed by atoms with Crippen molar-refractivity contribution in [2.75, 3.05) is 70.6 Å². The molecule has 2 aromatic carbocycles. The predicted octanol–water partition coefficient (Wildman–Crippen LogP) is 4.66. The van der Waals surface area contributed by atoms with Crippen LogP contribution in [0.2, 0.25) is 0 Å². The van der Waals surface area contributed by atoms with Crippen LogP contribution in [0.25, 0.3) is 22.0 Å². The van der Waals surface area contributed by atoms with Crippen molar-refractivity contribution in [1.29, 1.82) is 0 Å². The first-order valence-electron chi connectivity index (χ1n) is 14.8. The number of hydrogen-bond acceptors (Lipinski definition) is 8. The van der Waals surface area contributed by atoms with E-state index >= 15 is 0 Å². The number of carbonyl (C=O) groups excluding carboxylic acids is 1. The fourth-order valence-corrected chi connectivity index (χ4v) is 5.96. The molecule has 2 aromatic heterocycles. The molecule has 0 unspecified atom stereocenters. The van der Waals surface area contributed by atoms with E-state index in [1.807, 2.05) is 41.6 Å². The normalized spacial score (nSPS) is 16.8. The minimum absolute atomic E-state index is 0.0953. The summed E-state index contributed by atoms with van der Waals surface area (Å²) in [6.07, 6.45) is 6.02. The Morgan fingerprint density at radius 1 is 0.905 bits per heavy atom. The van der Waals surface area contributed by atoms with Crippen LogP contribution < -0.4 is 10.2 Å². The molecule has 2 fully saturated rings. The van der Waals surface area contributed by atoms with Gasteiger partial charge in [-0.2, -0.15) is 0 Å². The molecule has 0 spiro atoms. The predicted molar refractivity (Wildman–Crippen MR) is 170 cm³/mol. The van der Waals surface area contributed by atoms with Crippen LogP contribution in [0.4, 0.5) is 17.5 Å². The Morgan fingerprint density at radius 3 is 2.40 bits per heavy atom. The number of aromatic nitrogens is 3. The van der Waals surface area contributed by atoms with E-state index in [9.17, 15) is 4.79 Å². The van der Waals surface area contributed by atoms with Crippen LogP contribution in [0.1, 0.15) is 28.8 Å². The van der Waals surface area contributed by atoms with Crippen molar-refractivity contribution in [3.8, 4) is 11.1 Å². The van der Waals surface area contributed by atoms with Gasteiger partial charge in [-0.3, -0.25) is 4.79 Å². The van der Waals surface area contributed by atoms with Gasteiger partial charge in [0.05, 0.1) is 17.4 Å². The number of carbonyl (C=O) groups is 1. The van der Waals surface area contributed by atoms with Gasteiger partial charge in [0.1, 0.15) is 5.82 Å². The first kappa shape index (κ1) is 28.1. The topological polar surface area (TPSA) is 80.7 Å². The summed E-state index contributed by atoms with van der Waals surface area (Å²) in [5, 5.41) is 4.28. The molecule has 0 aliphatic carbocycles.